The summed E-state index contributed by atoms with van der Waals surface area (Å²) in [4.78, 5) is 4.56. The van der Waals surface area contributed by atoms with Gasteiger partial charge in [-0.15, -0.1) is 0 Å². The van der Waals surface area contributed by atoms with Crippen LogP contribution in [0.1, 0.15) is 11.4 Å². The summed E-state index contributed by atoms with van der Waals surface area (Å²) in [5.41, 5.74) is 1.94. The number of aromatic nitrogens is 2. The van der Waals surface area contributed by atoms with Gasteiger partial charge in [0.1, 0.15) is 5.75 Å². The molecule has 112 valence electrons. The number of rotatable bonds is 3. The first-order chi connectivity index (χ1) is 10.0. The zero-order valence-electron chi connectivity index (χ0n) is 12.0. The highest BCUT2D eigenvalue weighted by Crippen LogP contribution is 2.25. The number of benzene rings is 1. The molecule has 1 aliphatic heterocycles. The first-order valence-electron chi connectivity index (χ1n) is 6.65. The summed E-state index contributed by atoms with van der Waals surface area (Å²) in [6.07, 6.45) is 2.41. The normalized spacial score (nSPS) is 15.7. The van der Waals surface area contributed by atoms with E-state index in [-0.39, 0.29) is 4.90 Å². The summed E-state index contributed by atoms with van der Waals surface area (Å²) in [7, 11) is -0.00960. The van der Waals surface area contributed by atoms with Crippen molar-refractivity contribution in [3.05, 3.63) is 42.0 Å². The van der Waals surface area contributed by atoms with Gasteiger partial charge in [-0.2, -0.15) is 4.31 Å². The van der Waals surface area contributed by atoms with Crippen LogP contribution in [-0.4, -0.2) is 35.9 Å². The van der Waals surface area contributed by atoms with E-state index in [2.05, 4.69) is 4.98 Å². The van der Waals surface area contributed by atoms with Crippen LogP contribution in [0.25, 0.3) is 0 Å². The molecule has 1 aliphatic rings. The Kier molecular flexibility index (Phi) is 3.46. The minimum absolute atomic E-state index is 0.280. The van der Waals surface area contributed by atoms with Gasteiger partial charge < -0.3 is 9.30 Å². The van der Waals surface area contributed by atoms with Crippen LogP contribution in [0.3, 0.4) is 0 Å². The summed E-state index contributed by atoms with van der Waals surface area (Å²) in [5.74, 6) is 0.639. The molecule has 1 aromatic heterocycles. The number of ether oxygens (including phenoxy) is 1. The third kappa shape index (κ3) is 2.43. The first-order valence-corrected chi connectivity index (χ1v) is 8.09. The maximum Gasteiger partial charge on any atom is 0.243 e. The van der Waals surface area contributed by atoms with Crippen molar-refractivity contribution in [2.45, 2.75) is 17.9 Å². The lowest BCUT2D eigenvalue weighted by atomic mass is 10.2. The highest BCUT2D eigenvalue weighted by molar-refractivity contribution is 7.89. The number of sulfonamides is 1. The third-order valence-corrected chi connectivity index (χ3v) is 5.63. The van der Waals surface area contributed by atoms with Crippen molar-refractivity contribution < 1.29 is 13.2 Å². The minimum Gasteiger partial charge on any atom is -0.497 e. The fourth-order valence-corrected chi connectivity index (χ4v) is 3.94. The van der Waals surface area contributed by atoms with Crippen molar-refractivity contribution in [1.29, 1.82) is 0 Å². The van der Waals surface area contributed by atoms with Crippen LogP contribution in [0.4, 0.5) is 0 Å². The minimum atomic E-state index is -3.49. The molecule has 0 saturated heterocycles. The molecular weight excluding hydrogens is 290 g/mol. The molecule has 2 heterocycles. The van der Waals surface area contributed by atoms with Gasteiger partial charge in [0.25, 0.3) is 0 Å². The van der Waals surface area contributed by atoms with Gasteiger partial charge >= 0.3 is 0 Å². The molecule has 0 atom stereocenters. The quantitative estimate of drug-likeness (QED) is 0.854. The molecule has 0 unspecified atom stereocenters. The Hall–Kier alpha value is -1.86. The number of imidazole rings is 1. The molecule has 0 saturated carbocycles. The topological polar surface area (TPSA) is 64.4 Å². The number of fused-ring (bicyclic) bond motifs is 1. The highest BCUT2D eigenvalue weighted by atomic mass is 32.2. The summed E-state index contributed by atoms with van der Waals surface area (Å²) in [5, 5.41) is 0. The van der Waals surface area contributed by atoms with Gasteiger partial charge in [0, 0.05) is 25.7 Å². The predicted molar refractivity (Wildman–Crippen MR) is 77.5 cm³/mol. The molecule has 7 heteroatoms. The van der Waals surface area contributed by atoms with Crippen LogP contribution in [0, 0.1) is 0 Å². The van der Waals surface area contributed by atoms with Gasteiger partial charge in [0.2, 0.25) is 10.0 Å². The van der Waals surface area contributed by atoms with E-state index in [1.807, 2.05) is 11.6 Å². The molecule has 0 amide bonds. The Morgan fingerprint density at radius 2 is 1.95 bits per heavy atom. The second-order valence-corrected chi connectivity index (χ2v) is 6.95. The number of aryl methyl sites for hydroxylation is 1. The largest absolute Gasteiger partial charge is 0.497 e. The Bertz CT molecular complexity index is 750. The Labute approximate surface area is 124 Å². The number of nitrogens with zero attached hydrogens (tertiary/aromatic N) is 3. The lowest BCUT2D eigenvalue weighted by Crippen LogP contribution is -2.36. The fraction of sp³-hybridized carbons (Fsp3) is 0.357. The number of hydrogen-bond donors (Lipinski definition) is 0. The van der Waals surface area contributed by atoms with E-state index in [0.717, 1.165) is 11.4 Å². The van der Waals surface area contributed by atoms with Crippen molar-refractivity contribution in [2.24, 2.45) is 7.05 Å². The summed E-state index contributed by atoms with van der Waals surface area (Å²) >= 11 is 0. The van der Waals surface area contributed by atoms with E-state index in [0.29, 0.717) is 25.3 Å². The second-order valence-electron chi connectivity index (χ2n) is 5.01. The molecule has 2 aromatic rings. The van der Waals surface area contributed by atoms with Gasteiger partial charge in [0.15, 0.2) is 0 Å². The van der Waals surface area contributed by atoms with Gasteiger partial charge in [-0.25, -0.2) is 13.4 Å². The average Bonchev–Trinajstić information content (AvgIpc) is 2.88. The van der Waals surface area contributed by atoms with E-state index < -0.39 is 10.0 Å². The predicted octanol–water partition coefficient (Wildman–Crippen LogP) is 1.18. The maximum absolute atomic E-state index is 12.7. The molecule has 0 fully saturated rings. The van der Waals surface area contributed by atoms with E-state index in [1.165, 1.54) is 4.31 Å². The van der Waals surface area contributed by atoms with Crippen LogP contribution in [-0.2, 0) is 30.0 Å². The van der Waals surface area contributed by atoms with Crippen LogP contribution < -0.4 is 4.74 Å². The van der Waals surface area contributed by atoms with Gasteiger partial charge in [-0.3, -0.25) is 0 Å². The maximum atomic E-state index is 12.7. The van der Waals surface area contributed by atoms with Gasteiger partial charge in [-0.1, -0.05) is 0 Å². The van der Waals surface area contributed by atoms with E-state index in [9.17, 15) is 8.42 Å². The average molecular weight is 307 g/mol. The molecule has 0 aliphatic carbocycles. The molecule has 1 aromatic carbocycles. The lowest BCUT2D eigenvalue weighted by Gasteiger charge is -2.26. The lowest BCUT2D eigenvalue weighted by molar-refractivity contribution is 0.382. The monoisotopic (exact) mass is 307 g/mol. The summed E-state index contributed by atoms with van der Waals surface area (Å²) in [6.45, 7) is 0.797. The first kappa shape index (κ1) is 14.1. The van der Waals surface area contributed by atoms with Crippen molar-refractivity contribution in [3.63, 3.8) is 0 Å². The molecule has 6 nitrogen and oxygen atoms in total. The Balaban J connectivity index is 1.89. The molecule has 0 radical (unpaired) electrons. The molecule has 0 bridgehead atoms. The van der Waals surface area contributed by atoms with E-state index >= 15 is 0 Å². The smallest absolute Gasteiger partial charge is 0.243 e. The van der Waals surface area contributed by atoms with E-state index in [1.54, 1.807) is 37.7 Å². The fourth-order valence-electron chi connectivity index (χ4n) is 2.54. The van der Waals surface area contributed by atoms with Crippen LogP contribution in [0.5, 0.6) is 5.75 Å². The number of hydrogen-bond acceptors (Lipinski definition) is 4. The Morgan fingerprint density at radius 3 is 2.62 bits per heavy atom. The van der Waals surface area contributed by atoms with Crippen molar-refractivity contribution in [3.8, 4) is 5.75 Å². The van der Waals surface area contributed by atoms with Gasteiger partial charge in [-0.05, 0) is 24.3 Å². The molecule has 0 N–H and O–H groups in total. The Morgan fingerprint density at radius 1 is 1.24 bits per heavy atom. The summed E-state index contributed by atoms with van der Waals surface area (Å²) in [6, 6.07) is 6.45. The van der Waals surface area contributed by atoms with Crippen LogP contribution in [0.15, 0.2) is 35.5 Å². The van der Waals surface area contributed by atoms with Crippen LogP contribution >= 0.6 is 0 Å². The standard InChI is InChI=1S/C14H17N3O3S/c1-16-10-15-13-9-17(8-7-14(13)16)21(18,19)12-5-3-11(20-2)4-6-12/h3-6,10H,7-9H2,1-2H3. The van der Waals surface area contributed by atoms with Crippen molar-refractivity contribution in [1.82, 2.24) is 13.9 Å². The number of methoxy groups -OCH3 is 1. The second kappa shape index (κ2) is 5.16. The zero-order valence-corrected chi connectivity index (χ0v) is 12.8. The van der Waals surface area contributed by atoms with E-state index in [4.69, 9.17) is 4.74 Å². The SMILES string of the molecule is COc1ccc(S(=O)(=O)N2CCc3c(ncn3C)C2)cc1. The molecule has 3 rings (SSSR count). The van der Waals surface area contributed by atoms with Crippen molar-refractivity contribution in [2.75, 3.05) is 13.7 Å². The molecule has 21 heavy (non-hydrogen) atoms. The summed E-state index contributed by atoms with van der Waals surface area (Å²) < 4.78 is 33.8. The zero-order chi connectivity index (χ0) is 15.0. The van der Waals surface area contributed by atoms with Gasteiger partial charge in [0.05, 0.1) is 30.6 Å². The highest BCUT2D eigenvalue weighted by Gasteiger charge is 2.30. The van der Waals surface area contributed by atoms with Crippen molar-refractivity contribution >= 4 is 10.0 Å². The molecule has 0 spiro atoms. The third-order valence-electron chi connectivity index (χ3n) is 3.77. The van der Waals surface area contributed by atoms with Crippen LogP contribution in [0.2, 0.25) is 0 Å². The molecular formula is C14H17N3O3S.